The third kappa shape index (κ3) is 9.82. The largest absolute Gasteiger partial charge is 0.444 e. The fourth-order valence-electron chi connectivity index (χ4n) is 2.24. The van der Waals surface area contributed by atoms with E-state index in [4.69, 9.17) is 4.74 Å². The highest BCUT2D eigenvalue weighted by molar-refractivity contribution is 5.67. The van der Waals surface area contributed by atoms with Gasteiger partial charge in [-0.15, -0.1) is 0 Å². The van der Waals surface area contributed by atoms with Crippen molar-refractivity contribution in [2.45, 2.75) is 65.4 Å². The molecule has 0 aliphatic heterocycles. The SMILES string of the molecule is CCCCCNc1cccc(CCCNC(=O)OC(C)(C)C)c1. The molecule has 0 radical (unpaired) electrons. The number of alkyl carbamates (subject to hydrolysis) is 1. The normalized spacial score (nSPS) is 11.1. The van der Waals surface area contributed by atoms with Gasteiger partial charge in [0.05, 0.1) is 0 Å². The van der Waals surface area contributed by atoms with E-state index < -0.39 is 5.60 Å². The zero-order valence-electron chi connectivity index (χ0n) is 15.1. The lowest BCUT2D eigenvalue weighted by atomic mass is 10.1. The Labute approximate surface area is 141 Å². The second-order valence-corrected chi connectivity index (χ2v) is 6.87. The fourth-order valence-corrected chi connectivity index (χ4v) is 2.24. The first-order valence-corrected chi connectivity index (χ1v) is 8.70. The van der Waals surface area contributed by atoms with Crippen LogP contribution >= 0.6 is 0 Å². The van der Waals surface area contributed by atoms with Gasteiger partial charge in [-0.3, -0.25) is 0 Å². The van der Waals surface area contributed by atoms with Crippen molar-refractivity contribution in [2.24, 2.45) is 0 Å². The van der Waals surface area contributed by atoms with Crippen molar-refractivity contribution in [1.29, 1.82) is 0 Å². The van der Waals surface area contributed by atoms with Gasteiger partial charge in [0.1, 0.15) is 5.60 Å². The van der Waals surface area contributed by atoms with Crippen molar-refractivity contribution in [1.82, 2.24) is 5.32 Å². The molecule has 1 rings (SSSR count). The zero-order chi connectivity index (χ0) is 17.1. The monoisotopic (exact) mass is 320 g/mol. The number of aryl methyl sites for hydroxylation is 1. The van der Waals surface area contributed by atoms with E-state index >= 15 is 0 Å². The van der Waals surface area contributed by atoms with Gasteiger partial charge in [-0.25, -0.2) is 4.79 Å². The highest BCUT2D eigenvalue weighted by Crippen LogP contribution is 2.12. The second-order valence-electron chi connectivity index (χ2n) is 6.87. The summed E-state index contributed by atoms with van der Waals surface area (Å²) in [5, 5.41) is 6.26. The fraction of sp³-hybridized carbons (Fsp3) is 0.632. The average molecular weight is 320 g/mol. The van der Waals surface area contributed by atoms with Gasteiger partial charge < -0.3 is 15.4 Å². The molecule has 0 atom stereocenters. The summed E-state index contributed by atoms with van der Waals surface area (Å²) in [5.74, 6) is 0. The van der Waals surface area contributed by atoms with E-state index in [1.54, 1.807) is 0 Å². The van der Waals surface area contributed by atoms with E-state index in [0.29, 0.717) is 6.54 Å². The van der Waals surface area contributed by atoms with E-state index in [1.165, 1.54) is 30.5 Å². The predicted octanol–water partition coefficient (Wildman–Crippen LogP) is 4.75. The summed E-state index contributed by atoms with van der Waals surface area (Å²) in [6, 6.07) is 8.51. The first-order chi connectivity index (χ1) is 10.9. The summed E-state index contributed by atoms with van der Waals surface area (Å²) in [6.45, 7) is 9.47. The lowest BCUT2D eigenvalue weighted by Gasteiger charge is -2.19. The third-order valence-electron chi connectivity index (χ3n) is 3.35. The molecule has 1 aromatic carbocycles. The van der Waals surface area contributed by atoms with Gasteiger partial charge in [-0.05, 0) is 57.7 Å². The van der Waals surface area contributed by atoms with Crippen LogP contribution in [0.4, 0.5) is 10.5 Å². The summed E-state index contributed by atoms with van der Waals surface area (Å²) in [5.41, 5.74) is 2.03. The molecule has 0 fully saturated rings. The van der Waals surface area contributed by atoms with Crippen LogP contribution in [0.1, 0.15) is 58.9 Å². The molecule has 0 saturated heterocycles. The van der Waals surface area contributed by atoms with Crippen molar-refractivity contribution in [2.75, 3.05) is 18.4 Å². The van der Waals surface area contributed by atoms with Crippen molar-refractivity contribution >= 4 is 11.8 Å². The van der Waals surface area contributed by atoms with Gasteiger partial charge in [0.2, 0.25) is 0 Å². The Morgan fingerprint density at radius 2 is 1.91 bits per heavy atom. The van der Waals surface area contributed by atoms with Crippen LogP contribution in [0, 0.1) is 0 Å². The van der Waals surface area contributed by atoms with E-state index in [9.17, 15) is 4.79 Å². The number of rotatable bonds is 9. The quantitative estimate of drug-likeness (QED) is 0.646. The number of carbonyl (C=O) groups is 1. The molecule has 0 aliphatic carbocycles. The second kappa shape index (κ2) is 10.1. The van der Waals surface area contributed by atoms with Crippen LogP contribution in [-0.4, -0.2) is 24.8 Å². The minimum atomic E-state index is -0.443. The molecular weight excluding hydrogens is 288 g/mol. The summed E-state index contributed by atoms with van der Waals surface area (Å²) in [4.78, 5) is 11.6. The molecule has 0 aliphatic rings. The van der Waals surface area contributed by atoms with Crippen LogP contribution in [0.3, 0.4) is 0 Å². The van der Waals surface area contributed by atoms with Gasteiger partial charge in [0, 0.05) is 18.8 Å². The Hall–Kier alpha value is -1.71. The minimum Gasteiger partial charge on any atom is -0.444 e. The Balaban J connectivity index is 2.25. The van der Waals surface area contributed by atoms with Crippen molar-refractivity contribution in [3.8, 4) is 0 Å². The Morgan fingerprint density at radius 3 is 2.61 bits per heavy atom. The Kier molecular flexibility index (Phi) is 8.52. The van der Waals surface area contributed by atoms with Crippen LogP contribution in [0.2, 0.25) is 0 Å². The number of benzene rings is 1. The summed E-state index contributed by atoms with van der Waals surface area (Å²) in [6.07, 6.45) is 5.22. The van der Waals surface area contributed by atoms with Crippen molar-refractivity contribution in [3.63, 3.8) is 0 Å². The average Bonchev–Trinajstić information content (AvgIpc) is 2.47. The molecular formula is C19H32N2O2. The number of ether oxygens (including phenoxy) is 1. The molecule has 23 heavy (non-hydrogen) atoms. The number of carbonyl (C=O) groups excluding carboxylic acids is 1. The van der Waals surface area contributed by atoms with E-state index in [2.05, 4.69) is 41.8 Å². The van der Waals surface area contributed by atoms with Gasteiger partial charge in [-0.1, -0.05) is 31.9 Å². The van der Waals surface area contributed by atoms with Crippen LogP contribution in [0.15, 0.2) is 24.3 Å². The first-order valence-electron chi connectivity index (χ1n) is 8.70. The van der Waals surface area contributed by atoms with E-state index in [0.717, 1.165) is 19.4 Å². The highest BCUT2D eigenvalue weighted by atomic mass is 16.6. The van der Waals surface area contributed by atoms with Crippen LogP contribution < -0.4 is 10.6 Å². The lowest BCUT2D eigenvalue weighted by Crippen LogP contribution is -2.33. The summed E-state index contributed by atoms with van der Waals surface area (Å²) < 4.78 is 5.21. The topological polar surface area (TPSA) is 50.4 Å². The number of anilines is 1. The first kappa shape index (κ1) is 19.3. The maximum Gasteiger partial charge on any atom is 0.407 e. The molecule has 0 aromatic heterocycles. The molecule has 2 N–H and O–H groups in total. The zero-order valence-corrected chi connectivity index (χ0v) is 15.1. The van der Waals surface area contributed by atoms with E-state index in [1.807, 2.05) is 20.8 Å². The smallest absolute Gasteiger partial charge is 0.407 e. The maximum absolute atomic E-state index is 11.6. The van der Waals surface area contributed by atoms with Crippen LogP contribution in [-0.2, 0) is 11.2 Å². The number of amides is 1. The van der Waals surface area contributed by atoms with Gasteiger partial charge in [0.25, 0.3) is 0 Å². The van der Waals surface area contributed by atoms with Gasteiger partial charge in [0.15, 0.2) is 0 Å². The predicted molar refractivity (Wildman–Crippen MR) is 97.0 cm³/mol. The molecule has 0 bridgehead atoms. The standard InChI is InChI=1S/C19H32N2O2/c1-5-6-7-13-20-17-12-8-10-16(15-17)11-9-14-21-18(22)23-19(2,3)4/h8,10,12,15,20H,5-7,9,11,13-14H2,1-4H3,(H,21,22). The van der Waals surface area contributed by atoms with Crippen LogP contribution in [0.25, 0.3) is 0 Å². The van der Waals surface area contributed by atoms with E-state index in [-0.39, 0.29) is 6.09 Å². The molecule has 4 heteroatoms. The summed E-state index contributed by atoms with van der Waals surface area (Å²) in [7, 11) is 0. The Morgan fingerprint density at radius 1 is 1.13 bits per heavy atom. The third-order valence-corrected chi connectivity index (χ3v) is 3.35. The number of nitrogens with one attached hydrogen (secondary N) is 2. The van der Waals surface area contributed by atoms with Gasteiger partial charge >= 0.3 is 6.09 Å². The highest BCUT2D eigenvalue weighted by Gasteiger charge is 2.15. The Bertz CT molecular complexity index is 467. The number of unbranched alkanes of at least 4 members (excludes halogenated alkanes) is 2. The molecule has 0 unspecified atom stereocenters. The summed E-state index contributed by atoms with van der Waals surface area (Å²) >= 11 is 0. The lowest BCUT2D eigenvalue weighted by molar-refractivity contribution is 0.0527. The number of hydrogen-bond donors (Lipinski definition) is 2. The molecule has 1 amide bonds. The van der Waals surface area contributed by atoms with Gasteiger partial charge in [-0.2, -0.15) is 0 Å². The maximum atomic E-state index is 11.6. The molecule has 130 valence electrons. The van der Waals surface area contributed by atoms with Crippen LogP contribution in [0.5, 0.6) is 0 Å². The molecule has 0 saturated carbocycles. The molecule has 0 spiro atoms. The number of hydrogen-bond acceptors (Lipinski definition) is 3. The van der Waals surface area contributed by atoms with Crippen molar-refractivity contribution in [3.05, 3.63) is 29.8 Å². The molecule has 1 aromatic rings. The minimum absolute atomic E-state index is 0.344. The molecule has 0 heterocycles. The van der Waals surface area contributed by atoms with Crippen molar-refractivity contribution < 1.29 is 9.53 Å². The molecule has 4 nitrogen and oxygen atoms in total.